The van der Waals surface area contributed by atoms with Gasteiger partial charge in [0, 0.05) is 30.5 Å². The van der Waals surface area contributed by atoms with E-state index in [1.54, 1.807) is 0 Å². The van der Waals surface area contributed by atoms with Crippen LogP contribution in [0.5, 0.6) is 0 Å². The number of nitrogens with one attached hydrogen (secondary N) is 2. The van der Waals surface area contributed by atoms with Gasteiger partial charge in [0.25, 0.3) is 5.91 Å². The number of hydrogen-bond acceptors (Lipinski definition) is 5. The number of aromatic nitrogens is 4. The van der Waals surface area contributed by atoms with Crippen LogP contribution >= 0.6 is 0 Å². The molecule has 0 bridgehead atoms. The Morgan fingerprint density at radius 3 is 2.77 bits per heavy atom. The molecule has 26 heavy (non-hydrogen) atoms. The van der Waals surface area contributed by atoms with Crippen molar-refractivity contribution in [1.29, 1.82) is 0 Å². The first-order chi connectivity index (χ1) is 12.4. The van der Waals surface area contributed by atoms with Crippen molar-refractivity contribution >= 4 is 23.0 Å². The molecular weight excluding hydrogens is 332 g/mol. The predicted molar refractivity (Wildman–Crippen MR) is 95.2 cm³/mol. The van der Waals surface area contributed by atoms with E-state index >= 15 is 0 Å². The lowest BCUT2D eigenvalue weighted by atomic mass is 9.78. The fraction of sp³-hybridized carbons (Fsp3) is 0.611. The van der Waals surface area contributed by atoms with Gasteiger partial charge in [0.1, 0.15) is 11.8 Å². The van der Waals surface area contributed by atoms with E-state index in [1.165, 1.54) is 12.7 Å². The third-order valence-electron chi connectivity index (χ3n) is 5.71. The minimum absolute atomic E-state index is 0.0244. The van der Waals surface area contributed by atoms with Crippen LogP contribution in [0.4, 0.5) is 0 Å². The highest BCUT2D eigenvalue weighted by atomic mass is 16.2. The van der Waals surface area contributed by atoms with Gasteiger partial charge < -0.3 is 15.2 Å². The first-order valence-corrected chi connectivity index (χ1v) is 9.10. The Kier molecular flexibility index (Phi) is 3.93. The number of imidazole rings is 1. The molecule has 0 spiro atoms. The Labute approximate surface area is 151 Å². The molecule has 2 amide bonds. The Hall–Kier alpha value is -2.51. The summed E-state index contributed by atoms with van der Waals surface area (Å²) < 4.78 is 0. The number of hydrogen-bond donors (Lipinski definition) is 2. The second kappa shape index (κ2) is 6.03. The number of likely N-dealkylation sites (tertiary alicyclic amines) is 1. The average Bonchev–Trinajstić information content (AvgIpc) is 3.14. The van der Waals surface area contributed by atoms with Gasteiger partial charge >= 0.3 is 0 Å². The Balaban J connectivity index is 1.46. The minimum Gasteiger partial charge on any atom is -0.347 e. The van der Waals surface area contributed by atoms with Crippen molar-refractivity contribution in [3.05, 3.63) is 18.3 Å². The highest BCUT2D eigenvalue weighted by Crippen LogP contribution is 2.41. The van der Waals surface area contributed by atoms with Crippen molar-refractivity contribution < 1.29 is 9.59 Å². The van der Waals surface area contributed by atoms with Crippen LogP contribution in [-0.2, 0) is 4.79 Å². The van der Waals surface area contributed by atoms with Gasteiger partial charge in [-0.25, -0.2) is 15.0 Å². The summed E-state index contributed by atoms with van der Waals surface area (Å²) >= 11 is 0. The minimum atomic E-state index is -0.240. The lowest BCUT2D eigenvalue weighted by Crippen LogP contribution is -2.57. The van der Waals surface area contributed by atoms with Crippen LogP contribution < -0.4 is 5.32 Å². The summed E-state index contributed by atoms with van der Waals surface area (Å²) in [6.45, 7) is 7.65. The van der Waals surface area contributed by atoms with Gasteiger partial charge in [-0.2, -0.15) is 0 Å². The van der Waals surface area contributed by atoms with Crippen molar-refractivity contribution in [2.24, 2.45) is 17.3 Å². The molecule has 2 fully saturated rings. The number of fused-ring (bicyclic) bond motifs is 1. The van der Waals surface area contributed by atoms with Gasteiger partial charge in [0.05, 0.1) is 6.33 Å². The van der Waals surface area contributed by atoms with Crippen LogP contribution in [-0.4, -0.2) is 55.8 Å². The van der Waals surface area contributed by atoms with Crippen molar-refractivity contribution in [2.45, 2.75) is 39.7 Å². The molecule has 2 aromatic rings. The van der Waals surface area contributed by atoms with E-state index in [0.29, 0.717) is 35.9 Å². The van der Waals surface area contributed by atoms with E-state index in [4.69, 9.17) is 0 Å². The van der Waals surface area contributed by atoms with Gasteiger partial charge in [-0.3, -0.25) is 9.59 Å². The SMILES string of the molecule is C[C@H]1C[C@@H]1C(=O)N1CCC(NC(=O)c2ncnc3nc[nH]c23)C(C)(C)C1. The van der Waals surface area contributed by atoms with E-state index in [1.807, 2.05) is 4.90 Å². The zero-order chi connectivity index (χ0) is 18.5. The third kappa shape index (κ3) is 2.93. The first-order valence-electron chi connectivity index (χ1n) is 9.10. The first kappa shape index (κ1) is 16.9. The number of carbonyl (C=O) groups is 2. The molecule has 1 saturated carbocycles. The van der Waals surface area contributed by atoms with Gasteiger partial charge in [0.15, 0.2) is 11.3 Å². The predicted octanol–water partition coefficient (Wildman–Crippen LogP) is 1.37. The van der Waals surface area contributed by atoms with Crippen molar-refractivity contribution in [3.8, 4) is 0 Å². The number of aromatic amines is 1. The van der Waals surface area contributed by atoms with Crippen LogP contribution in [0.2, 0.25) is 0 Å². The maximum Gasteiger partial charge on any atom is 0.272 e. The molecule has 0 aromatic carbocycles. The Morgan fingerprint density at radius 1 is 1.31 bits per heavy atom. The lowest BCUT2D eigenvalue weighted by Gasteiger charge is -2.44. The van der Waals surface area contributed by atoms with E-state index in [0.717, 1.165) is 12.8 Å². The normalized spacial score (nSPS) is 27.3. The fourth-order valence-electron chi connectivity index (χ4n) is 3.88. The second-order valence-electron chi connectivity index (χ2n) is 8.21. The molecule has 8 heteroatoms. The smallest absolute Gasteiger partial charge is 0.272 e. The largest absolute Gasteiger partial charge is 0.347 e. The number of H-pyrrole nitrogens is 1. The summed E-state index contributed by atoms with van der Waals surface area (Å²) in [7, 11) is 0. The van der Waals surface area contributed by atoms with E-state index < -0.39 is 0 Å². The van der Waals surface area contributed by atoms with E-state index in [9.17, 15) is 9.59 Å². The van der Waals surface area contributed by atoms with Crippen molar-refractivity contribution in [1.82, 2.24) is 30.2 Å². The van der Waals surface area contributed by atoms with E-state index in [2.05, 4.69) is 46.0 Å². The lowest BCUT2D eigenvalue weighted by molar-refractivity contribution is -0.136. The summed E-state index contributed by atoms with van der Waals surface area (Å²) in [6, 6.07) is -0.0244. The van der Waals surface area contributed by atoms with Gasteiger partial charge in [-0.15, -0.1) is 0 Å². The molecule has 8 nitrogen and oxygen atoms in total. The molecule has 1 aliphatic carbocycles. The topological polar surface area (TPSA) is 104 Å². The summed E-state index contributed by atoms with van der Waals surface area (Å²) in [5.74, 6) is 0.741. The van der Waals surface area contributed by atoms with Gasteiger partial charge in [-0.1, -0.05) is 20.8 Å². The molecule has 0 radical (unpaired) electrons. The quantitative estimate of drug-likeness (QED) is 0.864. The standard InChI is InChI=1S/C18H24N6O2/c1-10-6-11(10)17(26)24-5-4-12(18(2,3)7-24)23-16(25)14-13-15(21-8-19-13)22-9-20-14/h8-12H,4-7H2,1-3H3,(H,23,25)(H,19,20,21,22)/t10-,11-,12?/m0/s1. The van der Waals surface area contributed by atoms with Crippen LogP contribution in [0.15, 0.2) is 12.7 Å². The zero-order valence-corrected chi connectivity index (χ0v) is 15.3. The van der Waals surface area contributed by atoms with Crippen LogP contribution in [0.25, 0.3) is 11.2 Å². The molecule has 4 rings (SSSR count). The molecule has 3 atom stereocenters. The molecule has 1 aliphatic heterocycles. The van der Waals surface area contributed by atoms with Gasteiger partial charge in [-0.05, 0) is 18.8 Å². The fourth-order valence-corrected chi connectivity index (χ4v) is 3.88. The third-order valence-corrected chi connectivity index (χ3v) is 5.71. The number of rotatable bonds is 3. The summed E-state index contributed by atoms with van der Waals surface area (Å²) in [5.41, 5.74) is 1.11. The molecule has 138 valence electrons. The molecule has 2 N–H and O–H groups in total. The highest BCUT2D eigenvalue weighted by Gasteiger charge is 2.45. The Morgan fingerprint density at radius 2 is 2.08 bits per heavy atom. The summed E-state index contributed by atoms with van der Waals surface area (Å²) in [5, 5.41) is 3.11. The number of carbonyl (C=O) groups excluding carboxylic acids is 2. The molecular formula is C18H24N6O2. The highest BCUT2D eigenvalue weighted by molar-refractivity contribution is 6.02. The zero-order valence-electron chi connectivity index (χ0n) is 15.3. The molecule has 1 saturated heterocycles. The molecule has 1 unspecified atom stereocenters. The average molecular weight is 356 g/mol. The monoisotopic (exact) mass is 356 g/mol. The number of piperidine rings is 1. The summed E-state index contributed by atoms with van der Waals surface area (Å²) in [6.07, 6.45) is 4.59. The number of nitrogens with zero attached hydrogens (tertiary/aromatic N) is 4. The Bertz CT molecular complexity index is 860. The molecule has 2 aromatic heterocycles. The molecule has 2 aliphatic rings. The van der Waals surface area contributed by atoms with Crippen molar-refractivity contribution in [3.63, 3.8) is 0 Å². The van der Waals surface area contributed by atoms with E-state index in [-0.39, 0.29) is 29.2 Å². The van der Waals surface area contributed by atoms with Gasteiger partial charge in [0.2, 0.25) is 5.91 Å². The van der Waals surface area contributed by atoms with Crippen LogP contribution in [0.1, 0.15) is 44.1 Å². The maximum atomic E-state index is 12.8. The summed E-state index contributed by atoms with van der Waals surface area (Å²) in [4.78, 5) is 42.4. The van der Waals surface area contributed by atoms with Crippen LogP contribution in [0.3, 0.4) is 0 Å². The van der Waals surface area contributed by atoms with Crippen LogP contribution in [0, 0.1) is 17.3 Å². The van der Waals surface area contributed by atoms with Crippen molar-refractivity contribution in [2.75, 3.05) is 13.1 Å². The maximum absolute atomic E-state index is 12.8. The molecule has 3 heterocycles. The second-order valence-corrected chi connectivity index (χ2v) is 8.21. The number of amides is 2.